The van der Waals surface area contributed by atoms with Crippen molar-refractivity contribution >= 4 is 11.9 Å². The topological polar surface area (TPSA) is 95.9 Å². The van der Waals surface area contributed by atoms with Gasteiger partial charge in [-0.2, -0.15) is 0 Å². The van der Waals surface area contributed by atoms with Crippen molar-refractivity contribution in [2.24, 2.45) is 0 Å². The van der Waals surface area contributed by atoms with Gasteiger partial charge in [-0.05, 0) is 44.9 Å². The van der Waals surface area contributed by atoms with Gasteiger partial charge in [0.2, 0.25) is 5.91 Å². The van der Waals surface area contributed by atoms with E-state index < -0.39 is 18.2 Å². The molecule has 0 bridgehead atoms. The van der Waals surface area contributed by atoms with E-state index in [4.69, 9.17) is 4.74 Å². The van der Waals surface area contributed by atoms with Gasteiger partial charge in [0.1, 0.15) is 6.10 Å². The maximum Gasteiger partial charge on any atom is 0.306 e. The molecular formula is C51H89NO5. The van der Waals surface area contributed by atoms with E-state index in [-0.39, 0.29) is 24.9 Å². The summed E-state index contributed by atoms with van der Waals surface area (Å²) < 4.78 is 5.82. The van der Waals surface area contributed by atoms with E-state index >= 15 is 0 Å². The molecule has 57 heavy (non-hydrogen) atoms. The molecule has 0 aliphatic carbocycles. The molecule has 3 unspecified atom stereocenters. The summed E-state index contributed by atoms with van der Waals surface area (Å²) in [6.07, 6.45) is 55.6. The quantitative estimate of drug-likeness (QED) is 0.0248. The zero-order chi connectivity index (χ0) is 41.7. The summed E-state index contributed by atoms with van der Waals surface area (Å²) in [5, 5.41) is 23.5. The lowest BCUT2D eigenvalue weighted by atomic mass is 10.0. The Morgan fingerprint density at radius 3 is 1.47 bits per heavy atom. The molecule has 0 aliphatic rings. The minimum atomic E-state index is -0.818. The highest BCUT2D eigenvalue weighted by molar-refractivity contribution is 5.77. The van der Waals surface area contributed by atoms with Gasteiger partial charge >= 0.3 is 5.97 Å². The summed E-state index contributed by atoms with van der Waals surface area (Å²) in [6, 6.07) is -0.740. The third-order valence-electron chi connectivity index (χ3n) is 10.4. The molecule has 6 heteroatoms. The molecule has 3 atom stereocenters. The largest absolute Gasteiger partial charge is 0.461 e. The molecular weight excluding hydrogens is 707 g/mol. The predicted octanol–water partition coefficient (Wildman–Crippen LogP) is 13.8. The zero-order valence-corrected chi connectivity index (χ0v) is 37.2. The van der Waals surface area contributed by atoms with Crippen molar-refractivity contribution in [2.45, 2.75) is 232 Å². The molecule has 6 nitrogen and oxygen atoms in total. The van der Waals surface area contributed by atoms with Crippen molar-refractivity contribution in [1.82, 2.24) is 5.32 Å². The number of carbonyl (C=O) groups excluding carboxylic acids is 2. The first-order valence-electron chi connectivity index (χ1n) is 23.7. The van der Waals surface area contributed by atoms with Crippen LogP contribution in [0.25, 0.3) is 0 Å². The van der Waals surface area contributed by atoms with E-state index in [9.17, 15) is 19.8 Å². The monoisotopic (exact) mass is 796 g/mol. The zero-order valence-electron chi connectivity index (χ0n) is 37.2. The molecule has 0 radical (unpaired) electrons. The van der Waals surface area contributed by atoms with Crippen LogP contribution < -0.4 is 5.32 Å². The maximum atomic E-state index is 13.1. The number of aliphatic hydroxyl groups excluding tert-OH is 2. The molecule has 0 saturated heterocycles. The van der Waals surface area contributed by atoms with Gasteiger partial charge < -0.3 is 20.3 Å². The summed E-state index contributed by atoms with van der Waals surface area (Å²) in [6.45, 7) is 6.27. The Kier molecular flexibility index (Phi) is 42.3. The predicted molar refractivity (Wildman–Crippen MR) is 245 cm³/mol. The lowest BCUT2D eigenvalue weighted by Crippen LogP contribution is -2.46. The smallest absolute Gasteiger partial charge is 0.306 e. The number of nitrogens with one attached hydrogen (secondary N) is 1. The van der Waals surface area contributed by atoms with Gasteiger partial charge in [0, 0.05) is 12.8 Å². The van der Waals surface area contributed by atoms with E-state index in [1.165, 1.54) is 122 Å². The molecule has 0 aliphatic heterocycles. The summed E-state index contributed by atoms with van der Waals surface area (Å²) in [5.41, 5.74) is 0. The van der Waals surface area contributed by atoms with Crippen LogP contribution in [0.15, 0.2) is 72.9 Å². The fraction of sp³-hybridized carbons (Fsp3) is 0.725. The highest BCUT2D eigenvalue weighted by atomic mass is 16.5. The van der Waals surface area contributed by atoms with Crippen LogP contribution in [0.3, 0.4) is 0 Å². The Morgan fingerprint density at radius 1 is 0.544 bits per heavy atom. The number of rotatable bonds is 41. The summed E-state index contributed by atoms with van der Waals surface area (Å²) >= 11 is 0. The van der Waals surface area contributed by atoms with Crippen molar-refractivity contribution in [1.29, 1.82) is 0 Å². The molecule has 3 N–H and O–H groups in total. The standard InChI is InChI=1S/C51H89NO5/c1-4-7-10-13-16-19-22-23-24-25-26-27-29-32-35-38-41-44-51(56)57-47(42-39-36-33-30-28-20-17-14-11-8-5-2)45-50(55)52-48(46-53)49(54)43-40-37-34-31-21-18-15-12-9-6-3/h8,11,14,17,20,23-24,28,30,33,36,39,47-49,53-54H,4-7,9-10,12-13,15-16,18-19,21-22,25-27,29,31-32,34-35,37-38,40-46H2,1-3H3,(H,52,55)/b11-8+,17-14+,24-23+,28-20-,33-30-,39-36+. The molecule has 0 aromatic heterocycles. The number of ether oxygens (including phenoxy) is 1. The number of hydrogen-bond donors (Lipinski definition) is 3. The van der Waals surface area contributed by atoms with Crippen LogP contribution in [-0.4, -0.2) is 46.9 Å². The molecule has 0 fully saturated rings. The van der Waals surface area contributed by atoms with Crippen LogP contribution in [-0.2, 0) is 14.3 Å². The lowest BCUT2D eigenvalue weighted by Gasteiger charge is -2.24. The minimum absolute atomic E-state index is 0.0223. The number of hydrogen-bond acceptors (Lipinski definition) is 5. The second-order valence-corrected chi connectivity index (χ2v) is 15.9. The first-order valence-corrected chi connectivity index (χ1v) is 23.7. The number of allylic oxidation sites excluding steroid dienone is 11. The average Bonchev–Trinajstić information content (AvgIpc) is 3.20. The van der Waals surface area contributed by atoms with Gasteiger partial charge in [-0.25, -0.2) is 0 Å². The molecule has 1 amide bonds. The van der Waals surface area contributed by atoms with Gasteiger partial charge in [-0.1, -0.05) is 222 Å². The second kappa shape index (κ2) is 44.4. The van der Waals surface area contributed by atoms with E-state index in [1.807, 2.05) is 54.7 Å². The average molecular weight is 796 g/mol. The first kappa shape index (κ1) is 54.3. The number of amides is 1. The number of aliphatic hydroxyl groups is 2. The Balaban J connectivity index is 4.67. The van der Waals surface area contributed by atoms with Gasteiger partial charge in [0.25, 0.3) is 0 Å². The molecule has 0 saturated carbocycles. The molecule has 0 spiro atoms. The van der Waals surface area contributed by atoms with Crippen molar-refractivity contribution in [3.05, 3.63) is 72.9 Å². The van der Waals surface area contributed by atoms with Crippen LogP contribution in [0.1, 0.15) is 213 Å². The molecule has 328 valence electrons. The fourth-order valence-electron chi connectivity index (χ4n) is 6.80. The third kappa shape index (κ3) is 39.9. The Morgan fingerprint density at radius 2 is 0.982 bits per heavy atom. The second-order valence-electron chi connectivity index (χ2n) is 15.9. The SMILES string of the molecule is CC/C=C/C=C/C=C\C=C/C=C/CC(CC(=O)NC(CO)C(O)CCCCCCCCCCCC)OC(=O)CCCCCCCCC/C=C/CCCCCCCC. The Labute approximate surface area is 351 Å². The Hall–Kier alpha value is -2.70. The summed E-state index contributed by atoms with van der Waals surface area (Å²) in [4.78, 5) is 25.9. The van der Waals surface area contributed by atoms with Crippen LogP contribution in [0, 0.1) is 0 Å². The number of carbonyl (C=O) groups is 2. The highest BCUT2D eigenvalue weighted by Gasteiger charge is 2.23. The van der Waals surface area contributed by atoms with E-state index in [0.717, 1.165) is 44.9 Å². The van der Waals surface area contributed by atoms with Crippen LogP contribution in [0.5, 0.6) is 0 Å². The van der Waals surface area contributed by atoms with Crippen molar-refractivity contribution in [3.8, 4) is 0 Å². The molecule has 0 heterocycles. The van der Waals surface area contributed by atoms with Gasteiger partial charge in [0.05, 0.1) is 25.2 Å². The van der Waals surface area contributed by atoms with Crippen molar-refractivity contribution in [3.63, 3.8) is 0 Å². The number of esters is 1. The summed E-state index contributed by atoms with van der Waals surface area (Å²) in [7, 11) is 0. The van der Waals surface area contributed by atoms with Gasteiger partial charge in [-0.15, -0.1) is 0 Å². The third-order valence-corrected chi connectivity index (χ3v) is 10.4. The van der Waals surface area contributed by atoms with E-state index in [2.05, 4.69) is 44.3 Å². The van der Waals surface area contributed by atoms with Crippen molar-refractivity contribution < 1.29 is 24.5 Å². The highest BCUT2D eigenvalue weighted by Crippen LogP contribution is 2.16. The van der Waals surface area contributed by atoms with Crippen LogP contribution in [0.4, 0.5) is 0 Å². The maximum absolute atomic E-state index is 13.1. The van der Waals surface area contributed by atoms with Gasteiger partial charge in [0.15, 0.2) is 0 Å². The molecule has 0 aromatic carbocycles. The number of unbranched alkanes of at least 4 members (excludes halogenated alkanes) is 22. The normalized spacial score (nSPS) is 14.0. The molecule has 0 aromatic rings. The Bertz CT molecular complexity index is 1070. The minimum Gasteiger partial charge on any atom is -0.461 e. The van der Waals surface area contributed by atoms with Crippen molar-refractivity contribution in [2.75, 3.05) is 6.61 Å². The van der Waals surface area contributed by atoms with E-state index in [0.29, 0.717) is 19.3 Å². The van der Waals surface area contributed by atoms with Crippen LogP contribution in [0.2, 0.25) is 0 Å². The van der Waals surface area contributed by atoms with Gasteiger partial charge in [-0.3, -0.25) is 9.59 Å². The fourth-order valence-corrected chi connectivity index (χ4v) is 6.80. The molecule has 0 rings (SSSR count). The first-order chi connectivity index (χ1) is 28.0. The summed E-state index contributed by atoms with van der Waals surface area (Å²) in [5.74, 6) is -0.617. The lowest BCUT2D eigenvalue weighted by molar-refractivity contribution is -0.150. The van der Waals surface area contributed by atoms with Crippen LogP contribution >= 0.6 is 0 Å². The van der Waals surface area contributed by atoms with E-state index in [1.54, 1.807) is 0 Å².